The smallest absolute Gasteiger partial charge is 0.272 e. The first-order valence-electron chi connectivity index (χ1n) is 8.01. The zero-order valence-electron chi connectivity index (χ0n) is 13.2. The maximum atomic E-state index is 13.1. The maximum Gasteiger partial charge on any atom is 0.272 e. The molecule has 1 saturated heterocycles. The highest BCUT2D eigenvalue weighted by Gasteiger charge is 2.27. The Morgan fingerprint density at radius 1 is 1.21 bits per heavy atom. The monoisotopic (exact) mass is 499 g/mol. The molecule has 2 heterocycles. The van der Waals surface area contributed by atoms with Crippen molar-refractivity contribution < 1.29 is 4.79 Å². The number of amides is 1. The number of carbonyl (C=O) groups is 1. The number of nitrogens with one attached hydrogen (secondary N) is 1. The molecule has 1 aliphatic rings. The molecule has 1 amide bonds. The van der Waals surface area contributed by atoms with Gasteiger partial charge in [-0.2, -0.15) is 0 Å². The van der Waals surface area contributed by atoms with E-state index in [4.69, 9.17) is 0 Å². The van der Waals surface area contributed by atoms with Crippen molar-refractivity contribution in [3.05, 3.63) is 61.9 Å². The zero-order chi connectivity index (χ0) is 16.9. The van der Waals surface area contributed by atoms with Crippen molar-refractivity contribution >= 4 is 44.4 Å². The maximum absolute atomic E-state index is 13.1. The minimum Gasteiger partial charge on any atom is -0.330 e. The van der Waals surface area contributed by atoms with Crippen LogP contribution in [-0.2, 0) is 6.54 Å². The fraction of sp³-hybridized carbons (Fsp3) is 0.333. The molecular formula is C18H19BrIN3O. The molecule has 0 radical (unpaired) electrons. The predicted molar refractivity (Wildman–Crippen MR) is 107 cm³/mol. The van der Waals surface area contributed by atoms with Gasteiger partial charge >= 0.3 is 0 Å². The van der Waals surface area contributed by atoms with Crippen LogP contribution in [0.3, 0.4) is 0 Å². The van der Waals surface area contributed by atoms with Gasteiger partial charge < -0.3 is 10.2 Å². The van der Waals surface area contributed by atoms with Gasteiger partial charge in [0.25, 0.3) is 5.91 Å². The molecule has 0 spiro atoms. The van der Waals surface area contributed by atoms with Gasteiger partial charge in [0.05, 0.1) is 0 Å². The Labute approximate surface area is 164 Å². The summed E-state index contributed by atoms with van der Waals surface area (Å²) in [6, 6.07) is 12.2. The van der Waals surface area contributed by atoms with Gasteiger partial charge in [-0.1, -0.05) is 28.1 Å². The van der Waals surface area contributed by atoms with Gasteiger partial charge in [-0.05, 0) is 78.4 Å². The number of nitrogens with zero attached hydrogens (tertiary/aromatic N) is 2. The lowest BCUT2D eigenvalue weighted by Gasteiger charge is -2.34. The van der Waals surface area contributed by atoms with Crippen LogP contribution < -0.4 is 5.32 Å². The van der Waals surface area contributed by atoms with E-state index < -0.39 is 0 Å². The average molecular weight is 500 g/mol. The van der Waals surface area contributed by atoms with E-state index in [-0.39, 0.29) is 11.9 Å². The van der Waals surface area contributed by atoms with Crippen LogP contribution in [0.25, 0.3) is 0 Å². The molecule has 0 saturated carbocycles. The minimum absolute atomic E-state index is 0.0150. The van der Waals surface area contributed by atoms with Crippen molar-refractivity contribution in [3.63, 3.8) is 0 Å². The molecule has 24 heavy (non-hydrogen) atoms. The highest BCUT2D eigenvalue weighted by Crippen LogP contribution is 2.20. The molecule has 6 heteroatoms. The summed E-state index contributed by atoms with van der Waals surface area (Å²) >= 11 is 5.66. The van der Waals surface area contributed by atoms with E-state index in [9.17, 15) is 4.79 Å². The summed E-state index contributed by atoms with van der Waals surface area (Å²) in [6.07, 6.45) is 3.70. The van der Waals surface area contributed by atoms with E-state index in [0.29, 0.717) is 12.2 Å². The van der Waals surface area contributed by atoms with Gasteiger partial charge in [0.15, 0.2) is 0 Å². The molecule has 126 valence electrons. The third kappa shape index (κ3) is 4.55. The third-order valence-electron chi connectivity index (χ3n) is 4.22. The van der Waals surface area contributed by atoms with Crippen LogP contribution >= 0.6 is 38.5 Å². The fourth-order valence-corrected chi connectivity index (χ4v) is 3.50. The number of rotatable bonds is 4. The zero-order valence-corrected chi connectivity index (χ0v) is 17.0. The highest BCUT2D eigenvalue weighted by atomic mass is 127. The Morgan fingerprint density at radius 3 is 2.54 bits per heavy atom. The van der Waals surface area contributed by atoms with Crippen molar-refractivity contribution in [1.29, 1.82) is 0 Å². The SMILES string of the molecule is O=C(c1ccc(I)cn1)N(Cc1ccc(Br)cc1)C1CCNCC1. The van der Waals surface area contributed by atoms with Crippen LogP contribution in [-0.4, -0.2) is 34.9 Å². The van der Waals surface area contributed by atoms with E-state index in [2.05, 4.69) is 61.0 Å². The Morgan fingerprint density at radius 2 is 1.92 bits per heavy atom. The van der Waals surface area contributed by atoms with Crippen LogP contribution in [0.1, 0.15) is 28.9 Å². The number of carbonyl (C=O) groups excluding carboxylic acids is 1. The summed E-state index contributed by atoms with van der Waals surface area (Å²) in [5.41, 5.74) is 1.65. The standard InChI is InChI=1S/C18H19BrIN3O/c19-14-3-1-13(2-4-14)12-23(16-7-9-21-10-8-16)18(24)17-6-5-15(20)11-22-17/h1-6,11,16,21H,7-10,12H2. The average Bonchev–Trinajstić information content (AvgIpc) is 2.62. The van der Waals surface area contributed by atoms with Crippen LogP contribution in [0.2, 0.25) is 0 Å². The summed E-state index contributed by atoms with van der Waals surface area (Å²) in [7, 11) is 0. The second-order valence-electron chi connectivity index (χ2n) is 5.90. The predicted octanol–water partition coefficient (Wildman–Crippen LogP) is 3.84. The third-order valence-corrected chi connectivity index (χ3v) is 5.39. The quantitative estimate of drug-likeness (QED) is 0.650. The van der Waals surface area contributed by atoms with Crippen LogP contribution in [0.5, 0.6) is 0 Å². The van der Waals surface area contributed by atoms with Gasteiger partial charge in [-0.3, -0.25) is 4.79 Å². The lowest BCUT2D eigenvalue weighted by molar-refractivity contribution is 0.0617. The van der Waals surface area contributed by atoms with Gasteiger partial charge in [-0.25, -0.2) is 4.98 Å². The second kappa shape index (κ2) is 8.40. The molecule has 1 aliphatic heterocycles. The largest absolute Gasteiger partial charge is 0.330 e. The first-order chi connectivity index (χ1) is 11.6. The van der Waals surface area contributed by atoms with Crippen molar-refractivity contribution in [2.24, 2.45) is 0 Å². The van der Waals surface area contributed by atoms with Gasteiger partial charge in [0.2, 0.25) is 0 Å². The molecule has 2 aromatic rings. The molecule has 1 fully saturated rings. The number of pyridine rings is 1. The first kappa shape index (κ1) is 17.8. The molecule has 4 nitrogen and oxygen atoms in total. The van der Waals surface area contributed by atoms with E-state index in [0.717, 1.165) is 39.5 Å². The number of benzene rings is 1. The van der Waals surface area contributed by atoms with Crippen LogP contribution in [0, 0.1) is 3.57 Å². The van der Waals surface area contributed by atoms with E-state index >= 15 is 0 Å². The highest BCUT2D eigenvalue weighted by molar-refractivity contribution is 14.1. The Hall–Kier alpha value is -0.990. The lowest BCUT2D eigenvalue weighted by Crippen LogP contribution is -2.46. The minimum atomic E-state index is 0.0150. The van der Waals surface area contributed by atoms with Crippen molar-refractivity contribution in [2.75, 3.05) is 13.1 Å². The van der Waals surface area contributed by atoms with Gasteiger partial charge in [-0.15, -0.1) is 0 Å². The number of aromatic nitrogens is 1. The van der Waals surface area contributed by atoms with Crippen LogP contribution in [0.15, 0.2) is 47.1 Å². The summed E-state index contributed by atoms with van der Waals surface area (Å²) in [5.74, 6) is 0.0150. The second-order valence-corrected chi connectivity index (χ2v) is 8.06. The Balaban J connectivity index is 1.84. The summed E-state index contributed by atoms with van der Waals surface area (Å²) in [6.45, 7) is 2.52. The number of piperidine rings is 1. The first-order valence-corrected chi connectivity index (χ1v) is 9.88. The molecule has 0 atom stereocenters. The Kier molecular flexibility index (Phi) is 6.24. The fourth-order valence-electron chi connectivity index (χ4n) is 2.92. The topological polar surface area (TPSA) is 45.2 Å². The van der Waals surface area contributed by atoms with E-state index in [1.54, 1.807) is 6.20 Å². The molecule has 1 N–H and O–H groups in total. The Bertz CT molecular complexity index is 684. The van der Waals surface area contributed by atoms with E-state index in [1.165, 1.54) is 0 Å². The molecule has 0 unspecified atom stereocenters. The molecular weight excluding hydrogens is 481 g/mol. The van der Waals surface area contributed by atoms with Crippen LogP contribution in [0.4, 0.5) is 0 Å². The van der Waals surface area contributed by atoms with E-state index in [1.807, 2.05) is 29.2 Å². The van der Waals surface area contributed by atoms with Crippen molar-refractivity contribution in [1.82, 2.24) is 15.2 Å². The molecule has 1 aromatic carbocycles. The van der Waals surface area contributed by atoms with Gasteiger partial charge in [0, 0.05) is 26.8 Å². The normalized spacial score (nSPS) is 15.2. The number of halogens is 2. The summed E-state index contributed by atoms with van der Waals surface area (Å²) in [4.78, 5) is 19.4. The molecule has 1 aromatic heterocycles. The summed E-state index contributed by atoms with van der Waals surface area (Å²) in [5, 5.41) is 3.37. The lowest BCUT2D eigenvalue weighted by atomic mass is 10.0. The molecule has 0 aliphatic carbocycles. The number of hydrogen-bond acceptors (Lipinski definition) is 3. The molecule has 3 rings (SSSR count). The van der Waals surface area contributed by atoms with Gasteiger partial charge in [0.1, 0.15) is 5.69 Å². The number of hydrogen-bond donors (Lipinski definition) is 1. The summed E-state index contributed by atoms with van der Waals surface area (Å²) < 4.78 is 2.08. The van der Waals surface area contributed by atoms with Crippen molar-refractivity contribution in [3.8, 4) is 0 Å². The van der Waals surface area contributed by atoms with Crippen molar-refractivity contribution in [2.45, 2.75) is 25.4 Å². The molecule has 0 bridgehead atoms.